The Balaban J connectivity index is 1.61. The molecule has 3 aliphatic rings. The quantitative estimate of drug-likeness (QED) is 0.905. The van der Waals surface area contributed by atoms with Gasteiger partial charge in [0.2, 0.25) is 0 Å². The van der Waals surface area contributed by atoms with Gasteiger partial charge in [-0.3, -0.25) is 4.90 Å². The lowest BCUT2D eigenvalue weighted by Crippen LogP contribution is -2.44. The lowest BCUT2D eigenvalue weighted by molar-refractivity contribution is 0.119. The van der Waals surface area contributed by atoms with Gasteiger partial charge in [0.1, 0.15) is 0 Å². The molecule has 1 saturated carbocycles. The maximum atomic E-state index is 5.95. The first-order valence-electron chi connectivity index (χ1n) is 8.79. The first-order valence-corrected chi connectivity index (χ1v) is 8.79. The highest BCUT2D eigenvalue weighted by Gasteiger charge is 2.45. The summed E-state index contributed by atoms with van der Waals surface area (Å²) in [7, 11) is 0. The molecule has 0 spiro atoms. The normalized spacial score (nSPS) is 39.2. The summed E-state index contributed by atoms with van der Waals surface area (Å²) in [5.41, 5.74) is 9.19. The van der Waals surface area contributed by atoms with Crippen LogP contribution in [0, 0.1) is 17.8 Å². The summed E-state index contributed by atoms with van der Waals surface area (Å²) in [6.07, 6.45) is 6.77. The van der Waals surface area contributed by atoms with Gasteiger partial charge in [0.05, 0.1) is 0 Å². The van der Waals surface area contributed by atoms with Crippen LogP contribution in [0.5, 0.6) is 0 Å². The van der Waals surface area contributed by atoms with Gasteiger partial charge in [-0.2, -0.15) is 0 Å². The summed E-state index contributed by atoms with van der Waals surface area (Å²) in [4.78, 5) is 2.84. The van der Waals surface area contributed by atoms with Crippen molar-refractivity contribution in [3.8, 4) is 0 Å². The summed E-state index contributed by atoms with van der Waals surface area (Å²) in [5.74, 6) is 2.47. The number of hydrogen-bond donors (Lipinski definition) is 1. The number of fused-ring (bicyclic) bond motifs is 3. The molecule has 2 bridgehead atoms. The topological polar surface area (TPSA) is 29.3 Å². The monoisotopic (exact) mass is 284 g/mol. The largest absolute Gasteiger partial charge is 0.330 e. The molecular formula is C19H28N2. The van der Waals surface area contributed by atoms with Crippen LogP contribution in [0.25, 0.3) is 0 Å². The molecule has 1 heterocycles. The smallest absolute Gasteiger partial charge is 0.0161 e. The molecule has 2 nitrogen and oxygen atoms in total. The highest BCUT2D eigenvalue weighted by molar-refractivity contribution is 5.31. The molecule has 1 aromatic carbocycles. The van der Waals surface area contributed by atoms with Gasteiger partial charge in [-0.15, -0.1) is 0 Å². The van der Waals surface area contributed by atoms with E-state index in [0.717, 1.165) is 36.4 Å². The molecule has 4 rings (SSSR count). The highest BCUT2D eigenvalue weighted by Crippen LogP contribution is 2.45. The first kappa shape index (κ1) is 13.8. The van der Waals surface area contributed by atoms with E-state index in [4.69, 9.17) is 5.73 Å². The van der Waals surface area contributed by atoms with E-state index in [-0.39, 0.29) is 0 Å². The van der Waals surface area contributed by atoms with Crippen LogP contribution in [0.4, 0.5) is 0 Å². The molecule has 114 valence electrons. The molecular weight excluding hydrogens is 256 g/mol. The molecule has 2 heteroatoms. The maximum absolute atomic E-state index is 5.95. The predicted octanol–water partition coefficient (Wildman–Crippen LogP) is 2.85. The Labute approximate surface area is 128 Å². The van der Waals surface area contributed by atoms with E-state index in [1.165, 1.54) is 38.6 Å². The van der Waals surface area contributed by atoms with Crippen molar-refractivity contribution in [2.75, 3.05) is 13.1 Å². The Bertz CT molecular complexity index is 479. The van der Waals surface area contributed by atoms with Crippen LogP contribution in [-0.4, -0.2) is 30.1 Å². The Hall–Kier alpha value is -0.860. The molecule has 1 saturated heterocycles. The molecule has 1 aliphatic heterocycles. The molecule has 2 N–H and O–H groups in total. The lowest BCUT2D eigenvalue weighted by Gasteiger charge is -2.35. The number of nitrogens with two attached hydrogens (primary N) is 1. The fourth-order valence-electron chi connectivity index (χ4n) is 5.42. The number of likely N-dealkylation sites (tertiary alicyclic amines) is 1. The fraction of sp³-hybridized carbons (Fsp3) is 0.684. The number of nitrogens with zero attached hydrogens (tertiary/aromatic N) is 1. The van der Waals surface area contributed by atoms with E-state index in [2.05, 4.69) is 36.1 Å². The van der Waals surface area contributed by atoms with E-state index in [1.807, 2.05) is 0 Å². The van der Waals surface area contributed by atoms with Gasteiger partial charge in [-0.25, -0.2) is 0 Å². The van der Waals surface area contributed by atoms with E-state index in [9.17, 15) is 0 Å². The van der Waals surface area contributed by atoms with E-state index in [0.29, 0.717) is 0 Å². The zero-order valence-corrected chi connectivity index (χ0v) is 13.2. The van der Waals surface area contributed by atoms with Gasteiger partial charge in [0.15, 0.2) is 0 Å². The summed E-state index contributed by atoms with van der Waals surface area (Å²) < 4.78 is 0. The average Bonchev–Trinajstić information content (AvgIpc) is 2.98. The third-order valence-electron chi connectivity index (χ3n) is 6.38. The van der Waals surface area contributed by atoms with Gasteiger partial charge < -0.3 is 5.73 Å². The molecule has 4 unspecified atom stereocenters. The second kappa shape index (κ2) is 5.40. The maximum Gasteiger partial charge on any atom is 0.0161 e. The first-order chi connectivity index (χ1) is 10.3. The molecule has 2 aliphatic carbocycles. The minimum atomic E-state index is 0.727. The van der Waals surface area contributed by atoms with E-state index >= 15 is 0 Å². The second-order valence-corrected chi connectivity index (χ2v) is 7.65. The second-order valence-electron chi connectivity index (χ2n) is 7.65. The standard InChI is InChI=1S/C19H28N2/c1-13-8-14(11-20)12-21(13)19-17-6-7-18(19)10-16-5-3-2-4-15(16)9-17/h2-5,13-14,17-19H,6-12,20H2,1H3. The summed E-state index contributed by atoms with van der Waals surface area (Å²) >= 11 is 0. The predicted molar refractivity (Wildman–Crippen MR) is 87.2 cm³/mol. The minimum absolute atomic E-state index is 0.727. The van der Waals surface area contributed by atoms with Crippen molar-refractivity contribution in [2.45, 2.75) is 51.1 Å². The van der Waals surface area contributed by atoms with Gasteiger partial charge in [-0.05, 0) is 74.5 Å². The zero-order valence-electron chi connectivity index (χ0n) is 13.2. The third-order valence-corrected chi connectivity index (χ3v) is 6.38. The van der Waals surface area contributed by atoms with E-state index < -0.39 is 0 Å². The molecule has 21 heavy (non-hydrogen) atoms. The Morgan fingerprint density at radius 1 is 1.10 bits per heavy atom. The average molecular weight is 284 g/mol. The van der Waals surface area contributed by atoms with Gasteiger partial charge in [0, 0.05) is 18.6 Å². The van der Waals surface area contributed by atoms with Crippen LogP contribution in [0.15, 0.2) is 24.3 Å². The van der Waals surface area contributed by atoms with Crippen LogP contribution < -0.4 is 5.73 Å². The molecule has 0 amide bonds. The third kappa shape index (κ3) is 2.33. The molecule has 4 atom stereocenters. The molecule has 0 radical (unpaired) electrons. The highest BCUT2D eigenvalue weighted by atomic mass is 15.2. The fourth-order valence-corrected chi connectivity index (χ4v) is 5.42. The van der Waals surface area contributed by atoms with Gasteiger partial charge >= 0.3 is 0 Å². The Kier molecular flexibility index (Phi) is 3.55. The van der Waals surface area contributed by atoms with Crippen LogP contribution in [0.2, 0.25) is 0 Å². The van der Waals surface area contributed by atoms with Gasteiger partial charge in [-0.1, -0.05) is 24.3 Å². The van der Waals surface area contributed by atoms with Crippen molar-refractivity contribution in [1.29, 1.82) is 0 Å². The van der Waals surface area contributed by atoms with Gasteiger partial charge in [0.25, 0.3) is 0 Å². The van der Waals surface area contributed by atoms with Crippen LogP contribution in [0.3, 0.4) is 0 Å². The van der Waals surface area contributed by atoms with Crippen LogP contribution in [0.1, 0.15) is 37.3 Å². The lowest BCUT2D eigenvalue weighted by atomic mass is 9.93. The van der Waals surface area contributed by atoms with E-state index in [1.54, 1.807) is 11.1 Å². The summed E-state index contributed by atoms with van der Waals surface area (Å²) in [5, 5.41) is 0. The number of hydrogen-bond acceptors (Lipinski definition) is 2. The molecule has 1 aromatic rings. The van der Waals surface area contributed by atoms with Crippen LogP contribution >= 0.6 is 0 Å². The van der Waals surface area contributed by atoms with Crippen molar-refractivity contribution < 1.29 is 0 Å². The SMILES string of the molecule is CC1CC(CN)CN1C1C2CCC1Cc1ccccc1C2. The van der Waals surface area contributed by atoms with Crippen molar-refractivity contribution in [3.05, 3.63) is 35.4 Å². The number of rotatable bonds is 2. The Morgan fingerprint density at radius 2 is 1.71 bits per heavy atom. The number of benzene rings is 1. The minimum Gasteiger partial charge on any atom is -0.330 e. The van der Waals surface area contributed by atoms with Crippen molar-refractivity contribution in [3.63, 3.8) is 0 Å². The summed E-state index contributed by atoms with van der Waals surface area (Å²) in [6.45, 7) is 4.53. The zero-order chi connectivity index (χ0) is 14.4. The van der Waals surface area contributed by atoms with Crippen molar-refractivity contribution >= 4 is 0 Å². The van der Waals surface area contributed by atoms with Crippen LogP contribution in [-0.2, 0) is 12.8 Å². The van der Waals surface area contributed by atoms with Crippen molar-refractivity contribution in [1.82, 2.24) is 4.90 Å². The Morgan fingerprint density at radius 3 is 2.24 bits per heavy atom. The van der Waals surface area contributed by atoms with Crippen molar-refractivity contribution in [2.24, 2.45) is 23.5 Å². The molecule has 2 fully saturated rings. The summed E-state index contributed by atoms with van der Waals surface area (Å²) in [6, 6.07) is 10.7. The molecule has 0 aromatic heterocycles.